The second-order valence-corrected chi connectivity index (χ2v) is 5.08. The lowest BCUT2D eigenvalue weighted by atomic mass is 10.1. The molecule has 0 aliphatic carbocycles. The minimum Gasteiger partial charge on any atom is -0.490 e. The maximum Gasteiger partial charge on any atom is 0.167 e. The highest BCUT2D eigenvalue weighted by molar-refractivity contribution is 5.69. The van der Waals surface area contributed by atoms with Crippen molar-refractivity contribution in [3.63, 3.8) is 0 Å². The predicted molar refractivity (Wildman–Crippen MR) is 79.3 cm³/mol. The summed E-state index contributed by atoms with van der Waals surface area (Å²) in [6.07, 6.45) is 1.95. The topological polar surface area (TPSA) is 38.5 Å². The van der Waals surface area contributed by atoms with Gasteiger partial charge in [0.15, 0.2) is 11.6 Å². The molecule has 0 radical (unpaired) electrons. The normalized spacial score (nSPS) is 12.3. The molecule has 0 aliphatic rings. The van der Waals surface area contributed by atoms with E-state index in [0.29, 0.717) is 18.2 Å². The van der Waals surface area contributed by atoms with Crippen molar-refractivity contribution in [3.05, 3.63) is 17.9 Å². The number of benzene rings is 1. The Hall–Kier alpha value is -1.45. The second kappa shape index (κ2) is 7.22. The van der Waals surface area contributed by atoms with Gasteiger partial charge < -0.3 is 15.4 Å². The molecule has 1 atom stereocenters. The van der Waals surface area contributed by atoms with Crippen LogP contribution in [0.4, 0.5) is 15.8 Å². The first kappa shape index (κ1) is 15.6. The van der Waals surface area contributed by atoms with Crippen molar-refractivity contribution in [2.75, 3.05) is 30.8 Å². The van der Waals surface area contributed by atoms with Crippen molar-refractivity contribution in [3.8, 4) is 5.75 Å². The molecule has 1 unspecified atom stereocenters. The first-order chi connectivity index (χ1) is 8.99. The number of anilines is 2. The van der Waals surface area contributed by atoms with E-state index >= 15 is 0 Å². The molecule has 0 amide bonds. The molecule has 1 aromatic carbocycles. The van der Waals surface area contributed by atoms with Crippen LogP contribution in [0.1, 0.15) is 33.6 Å². The van der Waals surface area contributed by atoms with Crippen LogP contribution in [0.5, 0.6) is 5.75 Å². The smallest absolute Gasteiger partial charge is 0.167 e. The van der Waals surface area contributed by atoms with E-state index in [1.165, 1.54) is 6.07 Å². The molecule has 0 bridgehead atoms. The van der Waals surface area contributed by atoms with Crippen molar-refractivity contribution in [1.29, 1.82) is 0 Å². The zero-order valence-corrected chi connectivity index (χ0v) is 12.4. The van der Waals surface area contributed by atoms with Crippen LogP contribution in [-0.4, -0.2) is 20.2 Å². The molecule has 3 nitrogen and oxygen atoms in total. The van der Waals surface area contributed by atoms with Gasteiger partial charge in [0.1, 0.15) is 0 Å². The number of nitrogens with zero attached hydrogens (tertiary/aromatic N) is 1. The summed E-state index contributed by atoms with van der Waals surface area (Å²) >= 11 is 0. The largest absolute Gasteiger partial charge is 0.490 e. The van der Waals surface area contributed by atoms with Crippen molar-refractivity contribution in [2.45, 2.75) is 33.6 Å². The predicted octanol–water partition coefficient (Wildman–Crippen LogP) is 3.68. The van der Waals surface area contributed by atoms with E-state index in [2.05, 4.69) is 18.7 Å². The lowest BCUT2D eigenvalue weighted by Crippen LogP contribution is -2.24. The Bertz CT molecular complexity index is 409. The summed E-state index contributed by atoms with van der Waals surface area (Å²) in [6.45, 7) is 7.73. The first-order valence-electron chi connectivity index (χ1n) is 6.92. The van der Waals surface area contributed by atoms with Crippen LogP contribution in [0.2, 0.25) is 0 Å². The zero-order chi connectivity index (χ0) is 14.4. The SMILES string of the molecule is CCCOc1cc(N(C)CC(C)CC)c(N)cc1F. The minimum atomic E-state index is -0.397. The molecular formula is C15H25FN2O. The van der Waals surface area contributed by atoms with Crippen LogP contribution in [0.25, 0.3) is 0 Å². The van der Waals surface area contributed by atoms with Gasteiger partial charge in [-0.1, -0.05) is 27.2 Å². The fourth-order valence-corrected chi connectivity index (χ4v) is 1.91. The Balaban J connectivity index is 2.92. The number of rotatable bonds is 7. The van der Waals surface area contributed by atoms with E-state index in [1.54, 1.807) is 6.07 Å². The Morgan fingerprint density at radius 3 is 2.63 bits per heavy atom. The van der Waals surface area contributed by atoms with E-state index < -0.39 is 5.82 Å². The summed E-state index contributed by atoms with van der Waals surface area (Å²) in [5.74, 6) is 0.447. The number of nitrogen functional groups attached to an aromatic ring is 1. The molecule has 0 heterocycles. The first-order valence-corrected chi connectivity index (χ1v) is 6.92. The molecule has 0 saturated heterocycles. The van der Waals surface area contributed by atoms with E-state index in [9.17, 15) is 4.39 Å². The minimum absolute atomic E-state index is 0.280. The molecule has 1 aromatic rings. The molecule has 4 heteroatoms. The Kier molecular flexibility index (Phi) is 5.93. The van der Waals surface area contributed by atoms with Crippen molar-refractivity contribution in [2.24, 2.45) is 5.92 Å². The number of halogens is 1. The third kappa shape index (κ3) is 4.30. The van der Waals surface area contributed by atoms with Gasteiger partial charge in [-0.2, -0.15) is 0 Å². The van der Waals surface area contributed by atoms with Gasteiger partial charge in [-0.05, 0) is 12.3 Å². The Morgan fingerprint density at radius 1 is 1.37 bits per heavy atom. The Morgan fingerprint density at radius 2 is 2.05 bits per heavy atom. The molecule has 2 N–H and O–H groups in total. The van der Waals surface area contributed by atoms with Gasteiger partial charge in [0.25, 0.3) is 0 Å². The maximum absolute atomic E-state index is 13.7. The third-order valence-corrected chi connectivity index (χ3v) is 3.24. The number of nitrogens with two attached hydrogens (primary N) is 1. The van der Waals surface area contributed by atoms with Gasteiger partial charge >= 0.3 is 0 Å². The van der Waals surface area contributed by atoms with Crippen molar-refractivity contribution in [1.82, 2.24) is 0 Å². The van der Waals surface area contributed by atoms with Crippen molar-refractivity contribution < 1.29 is 9.13 Å². The molecular weight excluding hydrogens is 243 g/mol. The molecule has 0 aromatic heterocycles. The van der Waals surface area contributed by atoms with E-state index in [4.69, 9.17) is 10.5 Å². The fourth-order valence-electron chi connectivity index (χ4n) is 1.91. The molecule has 108 valence electrons. The third-order valence-electron chi connectivity index (χ3n) is 3.24. The highest BCUT2D eigenvalue weighted by Crippen LogP contribution is 2.31. The van der Waals surface area contributed by atoms with Gasteiger partial charge in [0.05, 0.1) is 18.0 Å². The summed E-state index contributed by atoms with van der Waals surface area (Å²) in [5.41, 5.74) is 7.18. The van der Waals surface area contributed by atoms with Crippen molar-refractivity contribution >= 4 is 11.4 Å². The van der Waals surface area contributed by atoms with Gasteiger partial charge in [-0.15, -0.1) is 0 Å². The average molecular weight is 268 g/mol. The van der Waals surface area contributed by atoms with Crippen LogP contribution >= 0.6 is 0 Å². The summed E-state index contributed by atoms with van der Waals surface area (Å²) in [7, 11) is 1.97. The summed E-state index contributed by atoms with van der Waals surface area (Å²) in [5, 5.41) is 0. The van der Waals surface area contributed by atoms with Gasteiger partial charge in [0.2, 0.25) is 0 Å². The maximum atomic E-state index is 13.7. The standard InChI is InChI=1S/C15H25FN2O/c1-5-7-19-15-9-14(13(17)8-12(15)16)18(4)10-11(3)6-2/h8-9,11H,5-7,10,17H2,1-4H3. The quantitative estimate of drug-likeness (QED) is 0.767. The van der Waals surface area contributed by atoms with E-state index in [0.717, 1.165) is 25.1 Å². The number of ether oxygens (including phenoxy) is 1. The highest BCUT2D eigenvalue weighted by atomic mass is 19.1. The van der Waals surface area contributed by atoms with Crippen LogP contribution in [0, 0.1) is 11.7 Å². The number of hydrogen-bond donors (Lipinski definition) is 1. The fraction of sp³-hybridized carbons (Fsp3) is 0.600. The summed E-state index contributed by atoms with van der Waals surface area (Å²) in [6, 6.07) is 3.04. The van der Waals surface area contributed by atoms with Crippen LogP contribution in [0.15, 0.2) is 12.1 Å². The van der Waals surface area contributed by atoms with Gasteiger partial charge in [-0.3, -0.25) is 0 Å². The monoisotopic (exact) mass is 268 g/mol. The molecule has 19 heavy (non-hydrogen) atoms. The molecule has 0 spiro atoms. The molecule has 1 rings (SSSR count). The van der Waals surface area contributed by atoms with Crippen LogP contribution < -0.4 is 15.4 Å². The molecule has 0 saturated carbocycles. The summed E-state index contributed by atoms with van der Waals surface area (Å²) in [4.78, 5) is 2.06. The summed E-state index contributed by atoms with van der Waals surface area (Å²) < 4.78 is 19.1. The van der Waals surface area contributed by atoms with Crippen LogP contribution in [-0.2, 0) is 0 Å². The van der Waals surface area contributed by atoms with Crippen LogP contribution in [0.3, 0.4) is 0 Å². The molecule has 0 fully saturated rings. The number of hydrogen-bond acceptors (Lipinski definition) is 3. The Labute approximate surface area is 115 Å². The van der Waals surface area contributed by atoms with Gasteiger partial charge in [0, 0.05) is 25.7 Å². The molecule has 0 aliphatic heterocycles. The zero-order valence-electron chi connectivity index (χ0n) is 12.4. The second-order valence-electron chi connectivity index (χ2n) is 5.08. The van der Waals surface area contributed by atoms with Gasteiger partial charge in [-0.25, -0.2) is 4.39 Å². The highest BCUT2D eigenvalue weighted by Gasteiger charge is 2.13. The van der Waals surface area contributed by atoms with E-state index in [-0.39, 0.29) is 5.75 Å². The average Bonchev–Trinajstić information content (AvgIpc) is 2.37. The lowest BCUT2D eigenvalue weighted by Gasteiger charge is -2.25. The van der Waals surface area contributed by atoms with E-state index in [1.807, 2.05) is 14.0 Å². The lowest BCUT2D eigenvalue weighted by molar-refractivity contribution is 0.301.